The van der Waals surface area contributed by atoms with Gasteiger partial charge in [-0.1, -0.05) is 30.3 Å². The molecule has 3 aromatic rings. The van der Waals surface area contributed by atoms with E-state index < -0.39 is 11.5 Å². The van der Waals surface area contributed by atoms with Gasteiger partial charge in [-0.25, -0.2) is 4.79 Å². The van der Waals surface area contributed by atoms with Crippen LogP contribution in [-0.2, 0) is 21.7 Å². The van der Waals surface area contributed by atoms with E-state index in [1.807, 2.05) is 36.4 Å². The fraction of sp³-hybridized carbons (Fsp3) is 0.259. The fourth-order valence-electron chi connectivity index (χ4n) is 3.50. The standard InChI is InChI=1S/C27H28N2O6/c1-27(26(30)31,29-21-11-9-19(17-28)10-12-21)22-15-24(32-2)25(33-3)16-23(22)35-14-13-34-18-20-7-5-4-6-8-20/h4-12,15-16,29H,13-14,18H2,1-3H3,(H,30,31). The molecule has 0 saturated carbocycles. The van der Waals surface area contributed by atoms with E-state index in [1.165, 1.54) is 21.1 Å². The monoisotopic (exact) mass is 476 g/mol. The maximum absolute atomic E-state index is 12.5. The molecule has 0 aliphatic heterocycles. The zero-order valence-corrected chi connectivity index (χ0v) is 19.9. The van der Waals surface area contributed by atoms with E-state index in [2.05, 4.69) is 5.32 Å². The molecule has 3 aromatic carbocycles. The average Bonchev–Trinajstić information content (AvgIpc) is 2.88. The van der Waals surface area contributed by atoms with Gasteiger partial charge in [0.1, 0.15) is 12.4 Å². The maximum atomic E-state index is 12.5. The molecular weight excluding hydrogens is 448 g/mol. The predicted octanol–water partition coefficient (Wildman–Crippen LogP) is 4.58. The number of methoxy groups -OCH3 is 2. The van der Waals surface area contributed by atoms with Gasteiger partial charge in [0.15, 0.2) is 17.0 Å². The topological polar surface area (TPSA) is 110 Å². The number of hydrogen-bond acceptors (Lipinski definition) is 7. The van der Waals surface area contributed by atoms with Crippen LogP contribution < -0.4 is 19.5 Å². The first-order valence-electron chi connectivity index (χ1n) is 10.9. The van der Waals surface area contributed by atoms with Crippen LogP contribution in [0.2, 0.25) is 0 Å². The zero-order valence-electron chi connectivity index (χ0n) is 19.9. The lowest BCUT2D eigenvalue weighted by Crippen LogP contribution is -2.41. The number of ether oxygens (including phenoxy) is 4. The molecule has 182 valence electrons. The molecule has 0 heterocycles. The molecule has 1 unspecified atom stereocenters. The molecule has 0 radical (unpaired) electrons. The molecule has 0 aromatic heterocycles. The lowest BCUT2D eigenvalue weighted by molar-refractivity contribution is -0.142. The Hall–Kier alpha value is -4.22. The minimum Gasteiger partial charge on any atom is -0.493 e. The number of nitrogens with one attached hydrogen (secondary N) is 1. The second-order valence-electron chi connectivity index (χ2n) is 7.83. The predicted molar refractivity (Wildman–Crippen MR) is 131 cm³/mol. The van der Waals surface area contributed by atoms with Gasteiger partial charge in [0.05, 0.1) is 39.1 Å². The van der Waals surface area contributed by atoms with Gasteiger partial charge >= 0.3 is 5.97 Å². The number of rotatable bonds is 12. The lowest BCUT2D eigenvalue weighted by Gasteiger charge is -2.30. The number of nitriles is 1. The van der Waals surface area contributed by atoms with Crippen molar-refractivity contribution in [1.82, 2.24) is 0 Å². The number of hydrogen-bond donors (Lipinski definition) is 2. The summed E-state index contributed by atoms with van der Waals surface area (Å²) in [5.74, 6) is -0.0388. The van der Waals surface area contributed by atoms with Crippen molar-refractivity contribution in [2.45, 2.75) is 19.1 Å². The Bertz CT molecular complexity index is 1170. The van der Waals surface area contributed by atoms with Crippen LogP contribution in [0, 0.1) is 11.3 Å². The van der Waals surface area contributed by atoms with Crippen molar-refractivity contribution in [2.75, 3.05) is 32.8 Å². The normalized spacial score (nSPS) is 12.2. The highest BCUT2D eigenvalue weighted by molar-refractivity contribution is 5.85. The molecule has 1 atom stereocenters. The summed E-state index contributed by atoms with van der Waals surface area (Å²) in [6.45, 7) is 2.47. The second-order valence-corrected chi connectivity index (χ2v) is 7.83. The molecule has 0 amide bonds. The first-order chi connectivity index (χ1) is 16.9. The summed E-state index contributed by atoms with van der Waals surface area (Å²) in [6.07, 6.45) is 0. The van der Waals surface area contributed by atoms with Gasteiger partial charge in [0.2, 0.25) is 0 Å². The number of carboxylic acid groups (broad SMARTS) is 1. The molecule has 0 bridgehead atoms. The third-order valence-corrected chi connectivity index (χ3v) is 5.46. The number of carbonyl (C=O) groups is 1. The summed E-state index contributed by atoms with van der Waals surface area (Å²) >= 11 is 0. The van der Waals surface area contributed by atoms with Crippen molar-refractivity contribution in [3.63, 3.8) is 0 Å². The van der Waals surface area contributed by atoms with E-state index in [-0.39, 0.29) is 6.61 Å². The minimum absolute atomic E-state index is 0.196. The maximum Gasteiger partial charge on any atom is 0.333 e. The Balaban J connectivity index is 1.86. The number of anilines is 1. The highest BCUT2D eigenvalue weighted by Gasteiger charge is 2.39. The molecule has 3 rings (SSSR count). The highest BCUT2D eigenvalue weighted by Crippen LogP contribution is 2.41. The SMILES string of the molecule is COc1cc(OCCOCc2ccccc2)c(C(C)(Nc2ccc(C#N)cc2)C(=O)O)cc1OC. The van der Waals surface area contributed by atoms with Gasteiger partial charge in [-0.2, -0.15) is 5.26 Å². The lowest BCUT2D eigenvalue weighted by atomic mass is 9.90. The summed E-state index contributed by atoms with van der Waals surface area (Å²) in [7, 11) is 2.97. The summed E-state index contributed by atoms with van der Waals surface area (Å²) in [6, 6.07) is 21.5. The molecule has 35 heavy (non-hydrogen) atoms. The number of nitrogens with zero attached hydrogens (tertiary/aromatic N) is 1. The van der Waals surface area contributed by atoms with Gasteiger partial charge in [-0.3, -0.25) is 0 Å². The molecular formula is C27H28N2O6. The van der Waals surface area contributed by atoms with Crippen LogP contribution in [-0.4, -0.2) is 38.5 Å². The smallest absolute Gasteiger partial charge is 0.333 e. The van der Waals surface area contributed by atoms with E-state index in [0.717, 1.165) is 5.56 Å². The van der Waals surface area contributed by atoms with Crippen LogP contribution in [0.15, 0.2) is 66.7 Å². The highest BCUT2D eigenvalue weighted by atomic mass is 16.5. The van der Waals surface area contributed by atoms with Crippen LogP contribution in [0.25, 0.3) is 0 Å². The van der Waals surface area contributed by atoms with Crippen molar-refractivity contribution < 1.29 is 28.8 Å². The third kappa shape index (κ3) is 6.22. The van der Waals surface area contributed by atoms with Gasteiger partial charge in [0.25, 0.3) is 0 Å². The zero-order chi connectivity index (χ0) is 25.3. The van der Waals surface area contributed by atoms with Gasteiger partial charge < -0.3 is 29.4 Å². The number of aliphatic carboxylic acids is 1. The Morgan fingerprint density at radius 3 is 2.23 bits per heavy atom. The Morgan fingerprint density at radius 1 is 0.971 bits per heavy atom. The van der Waals surface area contributed by atoms with Gasteiger partial charge in [0, 0.05) is 17.3 Å². The number of carboxylic acids is 1. The molecule has 0 aliphatic carbocycles. The van der Waals surface area contributed by atoms with Crippen molar-refractivity contribution in [1.29, 1.82) is 5.26 Å². The second kappa shape index (κ2) is 11.8. The first kappa shape index (κ1) is 25.4. The molecule has 0 fully saturated rings. The Kier molecular flexibility index (Phi) is 8.54. The quantitative estimate of drug-likeness (QED) is 0.366. The van der Waals surface area contributed by atoms with E-state index >= 15 is 0 Å². The van der Waals surface area contributed by atoms with Crippen molar-refractivity contribution >= 4 is 11.7 Å². The van der Waals surface area contributed by atoms with Gasteiger partial charge in [-0.15, -0.1) is 0 Å². The molecule has 8 nitrogen and oxygen atoms in total. The van der Waals surface area contributed by atoms with Crippen molar-refractivity contribution in [3.8, 4) is 23.3 Å². The third-order valence-electron chi connectivity index (χ3n) is 5.46. The van der Waals surface area contributed by atoms with Crippen LogP contribution in [0.1, 0.15) is 23.6 Å². The molecule has 0 spiro atoms. The minimum atomic E-state index is -1.59. The summed E-state index contributed by atoms with van der Waals surface area (Å²) in [5.41, 5.74) is 0.798. The first-order valence-corrected chi connectivity index (χ1v) is 10.9. The van der Waals surface area contributed by atoms with E-state index in [1.54, 1.807) is 36.4 Å². The van der Waals surface area contributed by atoms with Crippen LogP contribution in [0.3, 0.4) is 0 Å². The van der Waals surface area contributed by atoms with Crippen LogP contribution >= 0.6 is 0 Å². The van der Waals surface area contributed by atoms with Gasteiger partial charge in [-0.05, 0) is 42.8 Å². The van der Waals surface area contributed by atoms with E-state index in [4.69, 9.17) is 24.2 Å². The fourth-order valence-corrected chi connectivity index (χ4v) is 3.50. The van der Waals surface area contributed by atoms with E-state index in [9.17, 15) is 9.90 Å². The largest absolute Gasteiger partial charge is 0.493 e. The van der Waals surface area contributed by atoms with Crippen LogP contribution in [0.5, 0.6) is 17.2 Å². The summed E-state index contributed by atoms with van der Waals surface area (Å²) in [5, 5.41) is 22.3. The Morgan fingerprint density at radius 2 is 1.63 bits per heavy atom. The van der Waals surface area contributed by atoms with Crippen molar-refractivity contribution in [3.05, 3.63) is 83.4 Å². The number of benzene rings is 3. The average molecular weight is 477 g/mol. The Labute approximate surface area is 204 Å². The van der Waals surface area contributed by atoms with E-state index in [0.29, 0.717) is 47.3 Å². The van der Waals surface area contributed by atoms with Crippen LogP contribution in [0.4, 0.5) is 5.69 Å². The molecule has 2 N–H and O–H groups in total. The molecule has 0 saturated heterocycles. The summed E-state index contributed by atoms with van der Waals surface area (Å²) in [4.78, 5) is 12.5. The van der Waals surface area contributed by atoms with Crippen molar-refractivity contribution in [2.24, 2.45) is 0 Å². The molecule has 0 aliphatic rings. The molecule has 8 heteroatoms. The summed E-state index contributed by atoms with van der Waals surface area (Å²) < 4.78 is 22.5.